The molecule has 0 spiro atoms. The maximum Gasteiger partial charge on any atom is 0.433 e. The summed E-state index contributed by atoms with van der Waals surface area (Å²) in [4.78, 5) is 45.5. The van der Waals surface area contributed by atoms with E-state index in [1.807, 2.05) is 0 Å². The Hall–Kier alpha value is -3.25. The Morgan fingerprint density at radius 2 is 1.83 bits per heavy atom. The van der Waals surface area contributed by atoms with Gasteiger partial charge in [-0.1, -0.05) is 42.1 Å². The molecule has 36 heavy (non-hydrogen) atoms. The van der Waals surface area contributed by atoms with Crippen LogP contribution in [0.2, 0.25) is 0 Å². The fraction of sp³-hybridized carbons (Fsp3) is 0.292. The number of rotatable bonds is 8. The summed E-state index contributed by atoms with van der Waals surface area (Å²) in [5.41, 5.74) is -0.141. The number of amides is 1. The van der Waals surface area contributed by atoms with Crippen LogP contribution in [-0.4, -0.2) is 39.5 Å². The quantitative estimate of drug-likeness (QED) is 0.162. The molecule has 0 bridgehead atoms. The highest BCUT2D eigenvalue weighted by Crippen LogP contribution is 2.36. The van der Waals surface area contributed by atoms with Gasteiger partial charge in [0.25, 0.3) is 0 Å². The number of thioether (sulfide) groups is 1. The molecule has 2 aromatic heterocycles. The zero-order chi connectivity index (χ0) is 26.6. The van der Waals surface area contributed by atoms with E-state index in [9.17, 15) is 27.6 Å². The van der Waals surface area contributed by atoms with E-state index >= 15 is 0 Å². The van der Waals surface area contributed by atoms with Crippen molar-refractivity contribution in [3.63, 3.8) is 0 Å². The number of ether oxygens (including phenoxy) is 1. The average molecular weight is 538 g/mol. The van der Waals surface area contributed by atoms with E-state index in [-0.39, 0.29) is 33.8 Å². The van der Waals surface area contributed by atoms with Crippen molar-refractivity contribution in [1.29, 1.82) is 0 Å². The molecule has 0 aliphatic carbocycles. The molecule has 0 radical (unpaired) electrons. The summed E-state index contributed by atoms with van der Waals surface area (Å²) in [5, 5.41) is 1.57. The number of aromatic nitrogens is 2. The number of carbonyl (C=O) groups excluding carboxylic acids is 3. The molecule has 3 aromatic rings. The van der Waals surface area contributed by atoms with Crippen LogP contribution < -0.4 is 5.32 Å². The number of hydrogen-bond acceptors (Lipinski definition) is 8. The number of anilines is 1. The van der Waals surface area contributed by atoms with Crippen LogP contribution in [0.3, 0.4) is 0 Å². The highest BCUT2D eigenvalue weighted by Gasteiger charge is 2.34. The Labute approximate surface area is 213 Å². The number of esters is 1. The zero-order valence-corrected chi connectivity index (χ0v) is 21.4. The molecule has 1 aromatic carbocycles. The van der Waals surface area contributed by atoms with E-state index in [0.29, 0.717) is 16.0 Å². The second kappa shape index (κ2) is 11.2. The van der Waals surface area contributed by atoms with E-state index in [4.69, 9.17) is 4.74 Å². The van der Waals surface area contributed by atoms with Gasteiger partial charge in [-0.2, -0.15) is 13.2 Å². The molecular formula is C24H22F3N3O4S2. The van der Waals surface area contributed by atoms with Crippen molar-refractivity contribution in [3.05, 3.63) is 58.1 Å². The fourth-order valence-electron chi connectivity index (χ4n) is 3.19. The maximum atomic E-state index is 13.5. The third-order valence-corrected chi connectivity index (χ3v) is 7.17. The number of Topliss-reactive ketones (excluding diaryl/α,β-unsaturated/α-hetero) is 1. The predicted octanol–water partition coefficient (Wildman–Crippen LogP) is 6.03. The number of thiophene rings is 1. The van der Waals surface area contributed by atoms with Crippen LogP contribution in [-0.2, 0) is 15.7 Å². The van der Waals surface area contributed by atoms with E-state index in [1.165, 1.54) is 13.8 Å². The smallest absolute Gasteiger partial charge is 0.433 e. The van der Waals surface area contributed by atoms with Gasteiger partial charge in [0, 0.05) is 5.56 Å². The lowest BCUT2D eigenvalue weighted by atomic mass is 10.1. The topological polar surface area (TPSA) is 98.2 Å². The molecule has 0 aliphatic heterocycles. The Bertz CT molecular complexity index is 1290. The number of benzene rings is 1. The summed E-state index contributed by atoms with van der Waals surface area (Å²) < 4.78 is 45.5. The van der Waals surface area contributed by atoms with Gasteiger partial charge >= 0.3 is 12.1 Å². The molecule has 190 valence electrons. The van der Waals surface area contributed by atoms with Gasteiger partial charge in [0.05, 0.1) is 28.0 Å². The molecule has 0 saturated carbocycles. The van der Waals surface area contributed by atoms with Crippen LogP contribution in [0, 0.1) is 6.92 Å². The highest BCUT2D eigenvalue weighted by molar-refractivity contribution is 8.00. The van der Waals surface area contributed by atoms with Gasteiger partial charge in [0.1, 0.15) is 10.7 Å². The first-order valence-corrected chi connectivity index (χ1v) is 12.4. The van der Waals surface area contributed by atoms with Crippen molar-refractivity contribution in [2.45, 2.75) is 44.3 Å². The molecule has 0 fully saturated rings. The van der Waals surface area contributed by atoms with E-state index < -0.39 is 29.0 Å². The second-order valence-corrected chi connectivity index (χ2v) is 9.90. The van der Waals surface area contributed by atoms with Crippen molar-refractivity contribution in [1.82, 2.24) is 9.97 Å². The minimum atomic E-state index is -4.71. The predicted molar refractivity (Wildman–Crippen MR) is 131 cm³/mol. The molecule has 1 unspecified atom stereocenters. The summed E-state index contributed by atoms with van der Waals surface area (Å²) in [6.45, 7) is 6.12. The molecule has 1 atom stereocenters. The third-order valence-electron chi connectivity index (χ3n) is 4.90. The minimum absolute atomic E-state index is 0.0672. The Kier molecular flexibility index (Phi) is 8.51. The normalized spacial score (nSPS) is 12.2. The molecule has 2 heterocycles. The van der Waals surface area contributed by atoms with Crippen molar-refractivity contribution < 1.29 is 32.3 Å². The van der Waals surface area contributed by atoms with E-state index in [0.717, 1.165) is 29.2 Å². The first kappa shape index (κ1) is 27.3. The number of ketones is 1. The minimum Gasteiger partial charge on any atom is -0.462 e. The standard InChI is InChI=1S/C24H22F3N3O4S2/c1-5-34-22(33)18-12(2)19(13(3)31)36-21(18)30-20(32)14(4)35-23-28-16(15-9-7-6-8-10-15)11-17(29-23)24(25,26)27/h6-11,14H,5H2,1-4H3,(H,30,32). The number of halogens is 3. The van der Waals surface area contributed by atoms with Crippen LogP contribution in [0.5, 0.6) is 0 Å². The van der Waals surface area contributed by atoms with Gasteiger partial charge in [-0.15, -0.1) is 11.3 Å². The zero-order valence-electron chi connectivity index (χ0n) is 19.7. The number of alkyl halides is 3. The molecular weight excluding hydrogens is 515 g/mol. The second-order valence-electron chi connectivity index (χ2n) is 7.57. The number of carbonyl (C=O) groups is 3. The van der Waals surface area contributed by atoms with Crippen molar-refractivity contribution in [2.75, 3.05) is 11.9 Å². The lowest BCUT2D eigenvalue weighted by Gasteiger charge is -2.14. The number of hydrogen-bond donors (Lipinski definition) is 1. The summed E-state index contributed by atoms with van der Waals surface area (Å²) in [6, 6.07) is 9.17. The SMILES string of the molecule is CCOC(=O)c1c(NC(=O)C(C)Sc2nc(-c3ccccc3)cc(C(F)(F)F)n2)sc(C(C)=O)c1C. The lowest BCUT2D eigenvalue weighted by molar-refractivity contribution is -0.141. The Morgan fingerprint density at radius 3 is 2.42 bits per heavy atom. The fourth-order valence-corrected chi connectivity index (χ4v) is 5.07. The van der Waals surface area contributed by atoms with E-state index in [2.05, 4.69) is 15.3 Å². The van der Waals surface area contributed by atoms with Crippen LogP contribution in [0.1, 0.15) is 52.1 Å². The van der Waals surface area contributed by atoms with Crippen LogP contribution in [0.15, 0.2) is 41.6 Å². The van der Waals surface area contributed by atoms with Crippen LogP contribution in [0.4, 0.5) is 18.2 Å². The monoisotopic (exact) mass is 537 g/mol. The summed E-state index contributed by atoms with van der Waals surface area (Å²) in [5.74, 6) is -1.58. The van der Waals surface area contributed by atoms with Gasteiger partial charge in [0.15, 0.2) is 10.9 Å². The van der Waals surface area contributed by atoms with Gasteiger partial charge in [0.2, 0.25) is 5.91 Å². The molecule has 1 amide bonds. The van der Waals surface area contributed by atoms with Gasteiger partial charge in [-0.05, 0) is 39.3 Å². The van der Waals surface area contributed by atoms with Crippen LogP contribution >= 0.6 is 23.1 Å². The van der Waals surface area contributed by atoms with Gasteiger partial charge < -0.3 is 10.1 Å². The summed E-state index contributed by atoms with van der Waals surface area (Å²) in [7, 11) is 0. The third kappa shape index (κ3) is 6.30. The molecule has 12 heteroatoms. The Balaban J connectivity index is 1.89. The maximum absolute atomic E-state index is 13.5. The highest BCUT2D eigenvalue weighted by atomic mass is 32.2. The van der Waals surface area contributed by atoms with E-state index in [1.54, 1.807) is 44.2 Å². The molecule has 7 nitrogen and oxygen atoms in total. The number of nitrogens with zero attached hydrogens (tertiary/aromatic N) is 2. The van der Waals surface area contributed by atoms with Gasteiger partial charge in [-0.25, -0.2) is 14.8 Å². The first-order chi connectivity index (χ1) is 16.9. The molecule has 1 N–H and O–H groups in total. The van der Waals surface area contributed by atoms with Crippen LogP contribution in [0.25, 0.3) is 11.3 Å². The molecule has 0 aliphatic rings. The Morgan fingerprint density at radius 1 is 1.17 bits per heavy atom. The largest absolute Gasteiger partial charge is 0.462 e. The average Bonchev–Trinajstić information content (AvgIpc) is 3.15. The molecule has 0 saturated heterocycles. The lowest BCUT2D eigenvalue weighted by Crippen LogP contribution is -2.23. The van der Waals surface area contributed by atoms with Crippen molar-refractivity contribution in [3.8, 4) is 11.3 Å². The van der Waals surface area contributed by atoms with Crippen molar-refractivity contribution in [2.24, 2.45) is 0 Å². The summed E-state index contributed by atoms with van der Waals surface area (Å²) >= 11 is 1.67. The molecule has 3 rings (SSSR count). The van der Waals surface area contributed by atoms with Gasteiger partial charge in [-0.3, -0.25) is 9.59 Å². The van der Waals surface area contributed by atoms with Crippen molar-refractivity contribution >= 4 is 45.8 Å². The summed E-state index contributed by atoms with van der Waals surface area (Å²) in [6.07, 6.45) is -4.71. The number of nitrogens with one attached hydrogen (secondary N) is 1. The first-order valence-electron chi connectivity index (χ1n) is 10.7.